The van der Waals surface area contributed by atoms with Crippen LogP contribution in [0.3, 0.4) is 0 Å². The molecule has 0 aromatic heterocycles. The Balaban J connectivity index is 2.53. The number of likely N-dealkylation sites (tertiary alicyclic amines) is 1. The van der Waals surface area contributed by atoms with Gasteiger partial charge in [0, 0.05) is 26.1 Å². The first-order valence-corrected chi connectivity index (χ1v) is 7.50. The largest absolute Gasteiger partial charge is 0.481 e. The number of methoxy groups -OCH3 is 1. The SMILES string of the molecule is COC1CC(CC(=O)O)N(C(=O)CCCSC)C1. The van der Waals surface area contributed by atoms with Crippen LogP contribution in [0.1, 0.15) is 25.7 Å². The molecular formula is C12H21NO4S. The number of nitrogens with zero attached hydrogens (tertiary/aromatic N) is 1. The van der Waals surface area contributed by atoms with Crippen molar-refractivity contribution in [3.05, 3.63) is 0 Å². The number of ether oxygens (including phenoxy) is 1. The fourth-order valence-electron chi connectivity index (χ4n) is 2.26. The molecule has 0 spiro atoms. The number of carboxylic acid groups (broad SMARTS) is 1. The van der Waals surface area contributed by atoms with Crippen LogP contribution in [0, 0.1) is 0 Å². The lowest BCUT2D eigenvalue weighted by atomic mass is 10.1. The highest BCUT2D eigenvalue weighted by atomic mass is 32.2. The Hall–Kier alpha value is -0.750. The minimum Gasteiger partial charge on any atom is -0.481 e. The molecule has 1 amide bonds. The van der Waals surface area contributed by atoms with Gasteiger partial charge in [0.2, 0.25) is 5.91 Å². The monoisotopic (exact) mass is 275 g/mol. The number of hydrogen-bond acceptors (Lipinski definition) is 4. The number of hydrogen-bond donors (Lipinski definition) is 1. The maximum Gasteiger partial charge on any atom is 0.305 e. The summed E-state index contributed by atoms with van der Waals surface area (Å²) in [5.74, 6) is 0.144. The zero-order valence-electron chi connectivity index (χ0n) is 10.9. The number of aliphatic carboxylic acids is 1. The lowest BCUT2D eigenvalue weighted by molar-refractivity contribution is -0.139. The zero-order valence-corrected chi connectivity index (χ0v) is 11.7. The number of thioether (sulfide) groups is 1. The third-order valence-electron chi connectivity index (χ3n) is 3.18. The van der Waals surface area contributed by atoms with Crippen molar-refractivity contribution in [1.29, 1.82) is 0 Å². The highest BCUT2D eigenvalue weighted by Crippen LogP contribution is 2.23. The van der Waals surface area contributed by atoms with Crippen LogP contribution in [0.4, 0.5) is 0 Å². The second-order valence-electron chi connectivity index (χ2n) is 4.49. The molecule has 0 bridgehead atoms. The molecule has 2 unspecified atom stereocenters. The van der Waals surface area contributed by atoms with Crippen molar-refractivity contribution in [2.45, 2.75) is 37.8 Å². The summed E-state index contributed by atoms with van der Waals surface area (Å²) in [5.41, 5.74) is 0. The van der Waals surface area contributed by atoms with Gasteiger partial charge in [-0.1, -0.05) is 0 Å². The van der Waals surface area contributed by atoms with E-state index < -0.39 is 5.97 Å². The minimum atomic E-state index is -0.862. The summed E-state index contributed by atoms with van der Waals surface area (Å²) in [7, 11) is 1.60. The van der Waals surface area contributed by atoms with Crippen LogP contribution in [0.25, 0.3) is 0 Å². The summed E-state index contributed by atoms with van der Waals surface area (Å²) >= 11 is 1.71. The Morgan fingerprint density at radius 3 is 2.78 bits per heavy atom. The van der Waals surface area contributed by atoms with Crippen LogP contribution in [0.2, 0.25) is 0 Å². The molecule has 1 N–H and O–H groups in total. The third kappa shape index (κ3) is 4.49. The smallest absolute Gasteiger partial charge is 0.305 e. The third-order valence-corrected chi connectivity index (χ3v) is 3.88. The van der Waals surface area contributed by atoms with E-state index in [9.17, 15) is 9.59 Å². The summed E-state index contributed by atoms with van der Waals surface area (Å²) in [6, 6.07) is -0.214. The van der Waals surface area contributed by atoms with Crippen LogP contribution in [-0.4, -0.2) is 59.7 Å². The second kappa shape index (κ2) is 7.63. The van der Waals surface area contributed by atoms with Crippen molar-refractivity contribution < 1.29 is 19.4 Å². The molecule has 0 saturated carbocycles. The predicted octanol–water partition coefficient (Wildman–Crippen LogP) is 1.22. The van der Waals surface area contributed by atoms with Gasteiger partial charge in [0.25, 0.3) is 0 Å². The fourth-order valence-corrected chi connectivity index (χ4v) is 2.69. The van der Waals surface area contributed by atoms with Crippen molar-refractivity contribution in [2.75, 3.05) is 25.7 Å². The van der Waals surface area contributed by atoms with Gasteiger partial charge in [0.05, 0.1) is 12.5 Å². The first-order chi connectivity index (χ1) is 8.58. The summed E-state index contributed by atoms with van der Waals surface area (Å²) in [4.78, 5) is 24.5. The second-order valence-corrected chi connectivity index (χ2v) is 5.47. The molecule has 5 nitrogen and oxygen atoms in total. The van der Waals surface area contributed by atoms with Gasteiger partial charge in [-0.05, 0) is 24.9 Å². The standard InChI is InChI=1S/C12H21NO4S/c1-17-10-6-9(7-12(15)16)13(8-10)11(14)4-3-5-18-2/h9-10H,3-8H2,1-2H3,(H,15,16). The van der Waals surface area contributed by atoms with E-state index in [1.54, 1.807) is 23.8 Å². The van der Waals surface area contributed by atoms with Crippen molar-refractivity contribution in [3.8, 4) is 0 Å². The van der Waals surface area contributed by atoms with Gasteiger partial charge in [-0.25, -0.2) is 0 Å². The molecule has 1 aliphatic rings. The van der Waals surface area contributed by atoms with E-state index in [0.717, 1.165) is 12.2 Å². The maximum absolute atomic E-state index is 12.0. The Bertz CT molecular complexity index is 298. The normalized spacial score (nSPS) is 23.3. The van der Waals surface area contributed by atoms with Crippen molar-refractivity contribution in [2.24, 2.45) is 0 Å². The average Bonchev–Trinajstić information content (AvgIpc) is 2.71. The molecule has 0 aliphatic carbocycles. The molecular weight excluding hydrogens is 254 g/mol. The van der Waals surface area contributed by atoms with Gasteiger partial charge < -0.3 is 14.7 Å². The molecule has 6 heteroatoms. The molecule has 0 aromatic carbocycles. The fraction of sp³-hybridized carbons (Fsp3) is 0.833. The van der Waals surface area contributed by atoms with E-state index in [2.05, 4.69) is 0 Å². The minimum absolute atomic E-state index is 0.00806. The van der Waals surface area contributed by atoms with E-state index >= 15 is 0 Å². The number of amides is 1. The van der Waals surface area contributed by atoms with Gasteiger partial charge in [-0.2, -0.15) is 11.8 Å². The molecule has 18 heavy (non-hydrogen) atoms. The molecule has 104 valence electrons. The van der Waals surface area contributed by atoms with Crippen LogP contribution in [0.15, 0.2) is 0 Å². The Morgan fingerprint density at radius 2 is 2.22 bits per heavy atom. The van der Waals surface area contributed by atoms with Gasteiger partial charge >= 0.3 is 5.97 Å². The molecule has 1 rings (SSSR count). The van der Waals surface area contributed by atoms with Gasteiger partial charge in [0.15, 0.2) is 0 Å². The van der Waals surface area contributed by atoms with E-state index in [1.807, 2.05) is 6.26 Å². The molecule has 1 aliphatic heterocycles. The Kier molecular flexibility index (Phi) is 6.49. The summed E-state index contributed by atoms with van der Waals surface area (Å²) in [6.45, 7) is 0.520. The van der Waals surface area contributed by atoms with Crippen LogP contribution < -0.4 is 0 Å². The molecule has 1 heterocycles. The number of carbonyl (C=O) groups is 2. The van der Waals surface area contributed by atoms with E-state index in [1.165, 1.54) is 0 Å². The number of carboxylic acids is 1. The quantitative estimate of drug-likeness (QED) is 0.708. The molecule has 1 fully saturated rings. The maximum atomic E-state index is 12.0. The van der Waals surface area contributed by atoms with Crippen LogP contribution in [-0.2, 0) is 14.3 Å². The van der Waals surface area contributed by atoms with E-state index in [0.29, 0.717) is 19.4 Å². The molecule has 0 aromatic rings. The van der Waals surface area contributed by atoms with Crippen LogP contribution >= 0.6 is 11.8 Å². The van der Waals surface area contributed by atoms with E-state index in [4.69, 9.17) is 9.84 Å². The molecule has 2 atom stereocenters. The zero-order chi connectivity index (χ0) is 13.5. The number of carbonyl (C=O) groups excluding carboxylic acids is 1. The molecule has 1 saturated heterocycles. The lowest BCUT2D eigenvalue weighted by Crippen LogP contribution is -2.37. The lowest BCUT2D eigenvalue weighted by Gasteiger charge is -2.23. The predicted molar refractivity (Wildman–Crippen MR) is 70.8 cm³/mol. The average molecular weight is 275 g/mol. The van der Waals surface area contributed by atoms with Crippen molar-refractivity contribution in [1.82, 2.24) is 4.90 Å². The van der Waals surface area contributed by atoms with Crippen molar-refractivity contribution in [3.63, 3.8) is 0 Å². The Morgan fingerprint density at radius 1 is 1.50 bits per heavy atom. The van der Waals surface area contributed by atoms with Crippen LogP contribution in [0.5, 0.6) is 0 Å². The van der Waals surface area contributed by atoms with Gasteiger partial charge in [-0.3, -0.25) is 9.59 Å². The first-order valence-electron chi connectivity index (χ1n) is 6.11. The highest BCUT2D eigenvalue weighted by Gasteiger charge is 2.35. The van der Waals surface area contributed by atoms with E-state index in [-0.39, 0.29) is 24.5 Å². The summed E-state index contributed by atoms with van der Waals surface area (Å²) in [5, 5.41) is 8.86. The molecule has 0 radical (unpaired) electrons. The highest BCUT2D eigenvalue weighted by molar-refractivity contribution is 7.98. The van der Waals surface area contributed by atoms with Gasteiger partial charge in [0.1, 0.15) is 0 Å². The van der Waals surface area contributed by atoms with Gasteiger partial charge in [-0.15, -0.1) is 0 Å². The summed E-state index contributed by atoms with van der Waals surface area (Å²) in [6.07, 6.45) is 3.94. The number of rotatable bonds is 7. The summed E-state index contributed by atoms with van der Waals surface area (Å²) < 4.78 is 5.24. The first kappa shape index (κ1) is 15.3. The topological polar surface area (TPSA) is 66.8 Å². The Labute approximate surface area is 112 Å². The van der Waals surface area contributed by atoms with Crippen molar-refractivity contribution >= 4 is 23.6 Å².